The van der Waals surface area contributed by atoms with Crippen molar-refractivity contribution in [1.29, 1.82) is 0 Å². The smallest absolute Gasteiger partial charge is 0.257 e. The summed E-state index contributed by atoms with van der Waals surface area (Å²) in [5, 5.41) is 3.93. The molecule has 150 valence electrons. The van der Waals surface area contributed by atoms with Crippen LogP contribution in [0.25, 0.3) is 27.3 Å². The zero-order valence-corrected chi connectivity index (χ0v) is 16.0. The molecule has 0 aliphatic heterocycles. The molecule has 2 aromatic heterocycles. The molecule has 0 aliphatic rings. The molecule has 0 atom stereocenters. The second-order valence-corrected chi connectivity index (χ2v) is 8.84. The highest BCUT2D eigenvalue weighted by Gasteiger charge is 2.30. The summed E-state index contributed by atoms with van der Waals surface area (Å²) < 4.78 is 63.2. The van der Waals surface area contributed by atoms with Crippen molar-refractivity contribution < 1.29 is 21.6 Å². The number of benzene rings is 2. The average Bonchev–Trinajstić information content (AvgIpc) is 3.27. The highest BCUT2D eigenvalue weighted by Crippen LogP contribution is 2.33. The Hall–Kier alpha value is -2.80. The van der Waals surface area contributed by atoms with E-state index in [4.69, 9.17) is 5.84 Å². The van der Waals surface area contributed by atoms with Crippen molar-refractivity contribution in [2.75, 3.05) is 0 Å². The van der Waals surface area contributed by atoms with Gasteiger partial charge in [-0.05, 0) is 23.3 Å². The third-order valence-corrected chi connectivity index (χ3v) is 6.59. The number of rotatable bonds is 4. The van der Waals surface area contributed by atoms with E-state index in [0.29, 0.717) is 27.3 Å². The number of hydrogen-bond acceptors (Lipinski definition) is 6. The quantitative estimate of drug-likeness (QED) is 0.375. The van der Waals surface area contributed by atoms with Gasteiger partial charge in [-0.2, -0.15) is 13.2 Å². The fourth-order valence-electron chi connectivity index (χ4n) is 2.69. The molecule has 0 bridgehead atoms. The molecule has 4 rings (SSSR count). The summed E-state index contributed by atoms with van der Waals surface area (Å²) in [6.07, 6.45) is -2.85. The Bertz CT molecular complexity index is 1260. The summed E-state index contributed by atoms with van der Waals surface area (Å²) in [6.45, 7) is 0. The Kier molecular flexibility index (Phi) is 4.65. The van der Waals surface area contributed by atoms with Crippen LogP contribution >= 0.6 is 11.3 Å². The normalized spacial score (nSPS) is 12.6. The van der Waals surface area contributed by atoms with E-state index in [1.165, 1.54) is 10.6 Å². The van der Waals surface area contributed by atoms with Crippen molar-refractivity contribution in [2.24, 2.45) is 5.84 Å². The van der Waals surface area contributed by atoms with Gasteiger partial charge in [0.05, 0.1) is 17.5 Å². The Morgan fingerprint density at radius 2 is 1.72 bits per heavy atom. The molecule has 0 radical (unpaired) electrons. The molecule has 12 heteroatoms. The maximum Gasteiger partial charge on any atom is 0.416 e. The van der Waals surface area contributed by atoms with Gasteiger partial charge in [0, 0.05) is 5.56 Å². The monoisotopic (exact) mass is 439 g/mol. The molecule has 0 saturated carbocycles. The van der Waals surface area contributed by atoms with Gasteiger partial charge in [-0.15, -0.1) is 9.93 Å². The van der Waals surface area contributed by atoms with Crippen LogP contribution in [0.2, 0.25) is 0 Å². The molecule has 0 fully saturated rings. The summed E-state index contributed by atoms with van der Waals surface area (Å²) in [5.74, 6) is 4.98. The van der Waals surface area contributed by atoms with E-state index in [-0.39, 0.29) is 4.34 Å². The summed E-state index contributed by atoms with van der Waals surface area (Å²) in [5.41, 5.74) is 1.62. The molecule has 3 N–H and O–H groups in total. The molecule has 29 heavy (non-hydrogen) atoms. The predicted molar refractivity (Wildman–Crippen MR) is 101 cm³/mol. The van der Waals surface area contributed by atoms with Crippen molar-refractivity contribution >= 4 is 26.3 Å². The number of hydrogen-bond donors (Lipinski definition) is 2. The number of nitrogens with zero attached hydrogens (tertiary/aromatic N) is 3. The number of imidazole rings is 1. The highest BCUT2D eigenvalue weighted by molar-refractivity contribution is 7.91. The minimum Gasteiger partial charge on any atom is -0.257 e. The molecule has 0 saturated heterocycles. The summed E-state index contributed by atoms with van der Waals surface area (Å²) in [7, 11) is -3.86. The molecule has 7 nitrogen and oxygen atoms in total. The number of fused-ring (bicyclic) bond motifs is 1. The first-order valence-electron chi connectivity index (χ1n) is 8.04. The van der Waals surface area contributed by atoms with Crippen LogP contribution in [0.15, 0.2) is 59.1 Å². The van der Waals surface area contributed by atoms with Gasteiger partial charge < -0.3 is 0 Å². The second kappa shape index (κ2) is 6.91. The maximum absolute atomic E-state index is 12.9. The van der Waals surface area contributed by atoms with Gasteiger partial charge in [0.15, 0.2) is 0 Å². The van der Waals surface area contributed by atoms with Crippen LogP contribution in [-0.2, 0) is 16.2 Å². The van der Waals surface area contributed by atoms with E-state index < -0.39 is 21.8 Å². The number of halogens is 3. The molecule has 0 spiro atoms. The lowest BCUT2D eigenvalue weighted by Gasteiger charge is -2.09. The lowest BCUT2D eigenvalue weighted by molar-refractivity contribution is -0.137. The third-order valence-electron chi connectivity index (χ3n) is 4.11. The fourth-order valence-corrected chi connectivity index (χ4v) is 4.41. The first kappa shape index (κ1) is 19.5. The number of hydrazine groups is 1. The number of nitrogens with one attached hydrogen (secondary N) is 1. The van der Waals surface area contributed by atoms with Crippen LogP contribution in [0.4, 0.5) is 13.2 Å². The number of sulfonamides is 1. The number of aromatic nitrogens is 3. The van der Waals surface area contributed by atoms with Crippen LogP contribution in [0.5, 0.6) is 0 Å². The first-order chi connectivity index (χ1) is 13.7. The molecule has 4 aromatic rings. The lowest BCUT2D eigenvalue weighted by Crippen LogP contribution is -2.30. The Morgan fingerprint density at radius 3 is 2.34 bits per heavy atom. The zero-order chi connectivity index (χ0) is 20.8. The third kappa shape index (κ3) is 3.74. The molecule has 0 aliphatic carbocycles. The van der Waals surface area contributed by atoms with Gasteiger partial charge in [0.1, 0.15) is 0 Å². The number of alkyl halides is 3. The van der Waals surface area contributed by atoms with E-state index >= 15 is 0 Å². The van der Waals surface area contributed by atoms with Crippen LogP contribution in [0.1, 0.15) is 5.56 Å². The topological polar surface area (TPSA) is 102 Å². The molecule has 0 amide bonds. The molecule has 2 heterocycles. The zero-order valence-electron chi connectivity index (χ0n) is 14.4. The van der Waals surface area contributed by atoms with Crippen LogP contribution < -0.4 is 10.7 Å². The average molecular weight is 439 g/mol. The van der Waals surface area contributed by atoms with Crippen molar-refractivity contribution in [2.45, 2.75) is 10.5 Å². The Labute approximate surface area is 166 Å². The highest BCUT2D eigenvalue weighted by atomic mass is 32.2. The van der Waals surface area contributed by atoms with Crippen molar-refractivity contribution in [3.05, 3.63) is 60.3 Å². The van der Waals surface area contributed by atoms with E-state index in [1.807, 2.05) is 0 Å². The van der Waals surface area contributed by atoms with Gasteiger partial charge in [-0.3, -0.25) is 5.84 Å². The molecule has 0 unspecified atom stereocenters. The fraction of sp³-hybridized carbons (Fsp3) is 0.0588. The standard InChI is InChI=1S/C17H12F3N5O2S2/c18-17(19,20)13-3-1-2-12(8-13)10-4-6-11(7-5-10)14-9-25-15(22-14)28-16(23-25)29(26,27)24-21/h1-9,24H,21H2. The largest absolute Gasteiger partial charge is 0.416 e. The summed E-state index contributed by atoms with van der Waals surface area (Å²) in [4.78, 5) is 6.39. The van der Waals surface area contributed by atoms with E-state index in [9.17, 15) is 21.6 Å². The lowest BCUT2D eigenvalue weighted by atomic mass is 10.0. The van der Waals surface area contributed by atoms with Gasteiger partial charge in [-0.1, -0.05) is 47.7 Å². The van der Waals surface area contributed by atoms with Gasteiger partial charge >= 0.3 is 6.18 Å². The summed E-state index contributed by atoms with van der Waals surface area (Å²) >= 11 is 0.852. The molecular weight excluding hydrogens is 427 g/mol. The van der Waals surface area contributed by atoms with E-state index in [1.54, 1.807) is 41.4 Å². The van der Waals surface area contributed by atoms with Crippen molar-refractivity contribution in [3.63, 3.8) is 0 Å². The van der Waals surface area contributed by atoms with Crippen LogP contribution in [0, 0.1) is 0 Å². The van der Waals surface area contributed by atoms with E-state index in [2.05, 4.69) is 10.1 Å². The van der Waals surface area contributed by atoms with Crippen LogP contribution in [0.3, 0.4) is 0 Å². The number of nitrogens with two attached hydrogens (primary N) is 1. The SMILES string of the molecule is NNS(=O)(=O)c1nn2cc(-c3ccc(-c4cccc(C(F)(F)F)c4)cc3)nc2s1. The Morgan fingerprint density at radius 1 is 1.03 bits per heavy atom. The molecular formula is C17H12F3N5O2S2. The van der Waals surface area contributed by atoms with E-state index in [0.717, 1.165) is 23.5 Å². The Balaban J connectivity index is 1.64. The van der Waals surface area contributed by atoms with Gasteiger partial charge in [0.2, 0.25) is 9.30 Å². The van der Waals surface area contributed by atoms with Gasteiger partial charge in [0.25, 0.3) is 10.0 Å². The minimum atomic E-state index is -4.41. The minimum absolute atomic E-state index is 0.214. The first-order valence-corrected chi connectivity index (χ1v) is 10.3. The van der Waals surface area contributed by atoms with Gasteiger partial charge in [-0.25, -0.2) is 17.9 Å². The second-order valence-electron chi connectivity index (χ2n) is 6.00. The maximum atomic E-state index is 12.9. The van der Waals surface area contributed by atoms with Crippen molar-refractivity contribution in [3.8, 4) is 22.4 Å². The van der Waals surface area contributed by atoms with Crippen LogP contribution in [-0.4, -0.2) is 23.0 Å². The van der Waals surface area contributed by atoms with Crippen molar-refractivity contribution in [1.82, 2.24) is 19.4 Å². The molecule has 2 aromatic carbocycles. The predicted octanol–water partition coefficient (Wildman–Crippen LogP) is 3.30. The summed E-state index contributed by atoms with van der Waals surface area (Å²) in [6, 6.07) is 11.9.